The highest BCUT2D eigenvalue weighted by atomic mass is 32.1. The lowest BCUT2D eigenvalue weighted by atomic mass is 10.3. The van der Waals surface area contributed by atoms with Crippen molar-refractivity contribution < 1.29 is 0 Å². The number of thiophene rings is 1. The van der Waals surface area contributed by atoms with Gasteiger partial charge in [-0.1, -0.05) is 0 Å². The van der Waals surface area contributed by atoms with Crippen molar-refractivity contribution in [3.63, 3.8) is 0 Å². The van der Waals surface area contributed by atoms with Gasteiger partial charge >= 0.3 is 0 Å². The van der Waals surface area contributed by atoms with Gasteiger partial charge in [-0.25, -0.2) is 4.99 Å². The van der Waals surface area contributed by atoms with Crippen molar-refractivity contribution in [1.82, 2.24) is 15.2 Å². The molecule has 19 heavy (non-hydrogen) atoms. The molecule has 0 aliphatic heterocycles. The van der Waals surface area contributed by atoms with Crippen LogP contribution in [0.4, 0.5) is 0 Å². The second-order valence-corrected chi connectivity index (χ2v) is 4.95. The molecule has 0 fully saturated rings. The van der Waals surface area contributed by atoms with Gasteiger partial charge in [-0.3, -0.25) is 0 Å². The molecule has 0 aliphatic carbocycles. The second-order valence-electron chi connectivity index (χ2n) is 4.17. The van der Waals surface area contributed by atoms with Crippen LogP contribution in [-0.2, 0) is 13.1 Å². The number of nitrogens with one attached hydrogen (secondary N) is 2. The van der Waals surface area contributed by atoms with Gasteiger partial charge in [0.2, 0.25) is 0 Å². The predicted octanol–water partition coefficient (Wildman–Crippen LogP) is 2.30. The van der Waals surface area contributed by atoms with Crippen molar-refractivity contribution in [3.05, 3.63) is 46.9 Å². The van der Waals surface area contributed by atoms with E-state index < -0.39 is 0 Å². The van der Waals surface area contributed by atoms with Crippen molar-refractivity contribution in [2.75, 3.05) is 13.1 Å². The summed E-state index contributed by atoms with van der Waals surface area (Å²) in [7, 11) is 0. The third-order valence-corrected chi connectivity index (χ3v) is 3.40. The van der Waals surface area contributed by atoms with Crippen LogP contribution in [0.25, 0.3) is 0 Å². The van der Waals surface area contributed by atoms with E-state index in [1.54, 1.807) is 11.3 Å². The first kappa shape index (κ1) is 13.7. The maximum absolute atomic E-state index is 4.57. The molecule has 0 aliphatic rings. The molecule has 5 heteroatoms. The van der Waals surface area contributed by atoms with Crippen molar-refractivity contribution in [1.29, 1.82) is 0 Å². The molecule has 2 aromatic rings. The molecular formula is C14H20N4S. The monoisotopic (exact) mass is 276 g/mol. The minimum atomic E-state index is 0.725. The number of aliphatic imine (C=N–C) groups is 1. The van der Waals surface area contributed by atoms with Crippen LogP contribution in [0.2, 0.25) is 0 Å². The predicted molar refractivity (Wildman–Crippen MR) is 81.6 cm³/mol. The average molecular weight is 276 g/mol. The molecule has 2 rings (SSSR count). The third kappa shape index (κ3) is 4.79. The molecule has 0 atom stereocenters. The summed E-state index contributed by atoms with van der Waals surface area (Å²) in [5.74, 6) is 0.876. The first-order chi connectivity index (χ1) is 9.38. The summed E-state index contributed by atoms with van der Waals surface area (Å²) in [4.78, 5) is 4.57. The Morgan fingerprint density at radius 2 is 2.16 bits per heavy atom. The van der Waals surface area contributed by atoms with E-state index in [1.165, 1.54) is 5.56 Å². The fourth-order valence-corrected chi connectivity index (χ4v) is 2.38. The summed E-state index contributed by atoms with van der Waals surface area (Å²) in [5.41, 5.74) is 1.26. The molecular weight excluding hydrogens is 256 g/mol. The van der Waals surface area contributed by atoms with Crippen LogP contribution < -0.4 is 10.6 Å². The Labute approximate surface area is 118 Å². The van der Waals surface area contributed by atoms with Crippen LogP contribution in [0.3, 0.4) is 0 Å². The summed E-state index contributed by atoms with van der Waals surface area (Å²) in [6, 6.07) is 6.18. The smallest absolute Gasteiger partial charge is 0.191 e. The van der Waals surface area contributed by atoms with Crippen molar-refractivity contribution in [3.8, 4) is 0 Å². The Bertz CT molecular complexity index is 474. The van der Waals surface area contributed by atoms with E-state index in [2.05, 4.69) is 56.3 Å². The number of hydrogen-bond donors (Lipinski definition) is 2. The zero-order valence-corrected chi connectivity index (χ0v) is 12.0. The third-order valence-electron chi connectivity index (χ3n) is 2.67. The summed E-state index contributed by atoms with van der Waals surface area (Å²) in [6.45, 7) is 5.48. The second kappa shape index (κ2) is 7.63. The van der Waals surface area contributed by atoms with E-state index in [-0.39, 0.29) is 0 Å². The topological polar surface area (TPSA) is 41.4 Å². The van der Waals surface area contributed by atoms with Gasteiger partial charge in [-0.15, -0.1) is 0 Å². The molecule has 102 valence electrons. The number of guanidine groups is 1. The highest BCUT2D eigenvalue weighted by Crippen LogP contribution is 2.06. The van der Waals surface area contributed by atoms with Gasteiger partial charge in [0.1, 0.15) is 0 Å². The number of nitrogens with zero attached hydrogens (tertiary/aromatic N) is 2. The van der Waals surface area contributed by atoms with Crippen LogP contribution in [0, 0.1) is 0 Å². The van der Waals surface area contributed by atoms with Crippen molar-refractivity contribution >= 4 is 17.3 Å². The van der Waals surface area contributed by atoms with Gasteiger partial charge in [-0.05, 0) is 41.4 Å². The van der Waals surface area contributed by atoms with Crippen LogP contribution in [0.15, 0.2) is 46.3 Å². The molecule has 0 spiro atoms. The number of rotatable bonds is 6. The SMILES string of the molecule is CCNC(=NCc1ccsc1)NCCn1cccc1. The van der Waals surface area contributed by atoms with Crippen molar-refractivity contribution in [2.45, 2.75) is 20.0 Å². The quantitative estimate of drug-likeness (QED) is 0.628. The normalized spacial score (nSPS) is 11.5. The lowest BCUT2D eigenvalue weighted by molar-refractivity contribution is 0.666. The minimum Gasteiger partial charge on any atom is -0.357 e. The van der Waals surface area contributed by atoms with Crippen LogP contribution >= 0.6 is 11.3 Å². The molecule has 2 aromatic heterocycles. The zero-order chi connectivity index (χ0) is 13.3. The maximum atomic E-state index is 4.57. The number of hydrogen-bond acceptors (Lipinski definition) is 2. The van der Waals surface area contributed by atoms with Crippen molar-refractivity contribution in [2.24, 2.45) is 4.99 Å². The lowest BCUT2D eigenvalue weighted by Gasteiger charge is -2.11. The van der Waals surface area contributed by atoms with Gasteiger partial charge in [0.05, 0.1) is 6.54 Å². The molecule has 0 aromatic carbocycles. The molecule has 0 radical (unpaired) electrons. The zero-order valence-electron chi connectivity index (χ0n) is 11.2. The Balaban J connectivity index is 1.79. The largest absolute Gasteiger partial charge is 0.357 e. The first-order valence-corrected chi connectivity index (χ1v) is 7.47. The summed E-state index contributed by atoms with van der Waals surface area (Å²) < 4.78 is 2.15. The summed E-state index contributed by atoms with van der Waals surface area (Å²) in [6.07, 6.45) is 4.13. The maximum Gasteiger partial charge on any atom is 0.191 e. The molecule has 0 bridgehead atoms. The van der Waals surface area contributed by atoms with Gasteiger partial charge in [0.25, 0.3) is 0 Å². The van der Waals surface area contributed by atoms with Gasteiger partial charge in [0, 0.05) is 32.0 Å². The van der Waals surface area contributed by atoms with Gasteiger partial charge < -0.3 is 15.2 Å². The standard InChI is InChI=1S/C14H20N4S/c1-2-15-14(17-11-13-5-10-19-12-13)16-6-9-18-7-3-4-8-18/h3-5,7-8,10,12H,2,6,9,11H2,1H3,(H2,15,16,17). The summed E-state index contributed by atoms with van der Waals surface area (Å²) >= 11 is 1.71. The van der Waals surface area contributed by atoms with Crippen LogP contribution in [0.1, 0.15) is 12.5 Å². The molecule has 0 saturated carbocycles. The fraction of sp³-hybridized carbons (Fsp3) is 0.357. The Morgan fingerprint density at radius 1 is 1.32 bits per heavy atom. The Morgan fingerprint density at radius 3 is 2.84 bits per heavy atom. The molecule has 0 saturated heterocycles. The van der Waals surface area contributed by atoms with E-state index in [1.807, 2.05) is 12.1 Å². The average Bonchev–Trinajstić information content (AvgIpc) is 3.09. The number of aromatic nitrogens is 1. The molecule has 0 amide bonds. The van der Waals surface area contributed by atoms with E-state index in [0.29, 0.717) is 0 Å². The van der Waals surface area contributed by atoms with E-state index in [4.69, 9.17) is 0 Å². The van der Waals surface area contributed by atoms with E-state index >= 15 is 0 Å². The van der Waals surface area contributed by atoms with Gasteiger partial charge in [0.15, 0.2) is 5.96 Å². The molecule has 0 unspecified atom stereocenters. The minimum absolute atomic E-state index is 0.725. The molecule has 4 nitrogen and oxygen atoms in total. The van der Waals surface area contributed by atoms with E-state index in [0.717, 1.165) is 32.1 Å². The fourth-order valence-electron chi connectivity index (χ4n) is 1.72. The Hall–Kier alpha value is -1.75. The highest BCUT2D eigenvalue weighted by molar-refractivity contribution is 7.07. The summed E-state index contributed by atoms with van der Waals surface area (Å²) in [5, 5.41) is 10.8. The lowest BCUT2D eigenvalue weighted by Crippen LogP contribution is -2.38. The highest BCUT2D eigenvalue weighted by Gasteiger charge is 1.97. The van der Waals surface area contributed by atoms with Crippen LogP contribution in [0.5, 0.6) is 0 Å². The van der Waals surface area contributed by atoms with E-state index in [9.17, 15) is 0 Å². The Kier molecular flexibility index (Phi) is 5.49. The van der Waals surface area contributed by atoms with Gasteiger partial charge in [-0.2, -0.15) is 11.3 Å². The molecule has 2 heterocycles. The molecule has 2 N–H and O–H groups in total. The van der Waals surface area contributed by atoms with Crippen LogP contribution in [-0.4, -0.2) is 23.6 Å². The first-order valence-electron chi connectivity index (χ1n) is 6.52.